The predicted octanol–water partition coefficient (Wildman–Crippen LogP) is 1.95. The minimum Gasteiger partial charge on any atom is -0.358 e. The van der Waals surface area contributed by atoms with Gasteiger partial charge in [0.15, 0.2) is 6.20 Å². The van der Waals surface area contributed by atoms with Gasteiger partial charge in [0.1, 0.15) is 4.90 Å². The Morgan fingerprint density at radius 1 is 1.25 bits per heavy atom. The van der Waals surface area contributed by atoms with Gasteiger partial charge in [-0.3, -0.25) is 9.71 Å². The van der Waals surface area contributed by atoms with Crippen LogP contribution < -0.4 is 4.72 Å². The normalized spacial score (nSPS) is 11.1. The van der Waals surface area contributed by atoms with Crippen molar-refractivity contribution in [2.24, 2.45) is 0 Å². The molecule has 0 unspecified atom stereocenters. The molecule has 0 saturated heterocycles. The average molecular weight is 359 g/mol. The molecular weight excluding hydrogens is 352 g/mol. The summed E-state index contributed by atoms with van der Waals surface area (Å²) in [6, 6.07) is 3.61. The van der Waals surface area contributed by atoms with Crippen molar-refractivity contribution in [2.75, 3.05) is 4.72 Å². The van der Waals surface area contributed by atoms with E-state index in [1.54, 1.807) is 0 Å². The first kappa shape index (κ1) is 14.3. The smallest absolute Gasteiger partial charge is 0.358 e. The fourth-order valence-electron chi connectivity index (χ4n) is 1.30. The van der Waals surface area contributed by atoms with Crippen molar-refractivity contribution in [1.82, 2.24) is 9.97 Å². The lowest BCUT2D eigenvalue weighted by atomic mass is 10.4. The third-order valence-electron chi connectivity index (χ3n) is 2.23. The highest BCUT2D eigenvalue weighted by Crippen LogP contribution is 2.23. The Hall–Kier alpha value is -2.07. The van der Waals surface area contributed by atoms with Crippen LogP contribution in [0.1, 0.15) is 0 Å². The van der Waals surface area contributed by atoms with E-state index < -0.39 is 20.8 Å². The molecule has 0 radical (unpaired) electrons. The van der Waals surface area contributed by atoms with E-state index >= 15 is 0 Å². The summed E-state index contributed by atoms with van der Waals surface area (Å²) in [7, 11) is -3.87. The lowest BCUT2D eigenvalue weighted by molar-refractivity contribution is -0.389. The van der Waals surface area contributed by atoms with E-state index in [-0.39, 0.29) is 4.90 Å². The van der Waals surface area contributed by atoms with Crippen molar-refractivity contribution in [1.29, 1.82) is 0 Å². The maximum absolute atomic E-state index is 12.1. The minimum absolute atomic E-state index is 0.174. The third-order valence-corrected chi connectivity index (χ3v) is 4.22. The highest BCUT2D eigenvalue weighted by atomic mass is 79.9. The van der Waals surface area contributed by atoms with Crippen LogP contribution in [0.2, 0.25) is 0 Å². The summed E-state index contributed by atoms with van der Waals surface area (Å²) in [5.74, 6) is -0.422. The molecule has 104 valence electrons. The molecule has 8 nitrogen and oxygen atoms in total. The van der Waals surface area contributed by atoms with Crippen LogP contribution in [0.5, 0.6) is 0 Å². The molecule has 2 aromatic rings. The van der Waals surface area contributed by atoms with Crippen LogP contribution >= 0.6 is 15.9 Å². The van der Waals surface area contributed by atoms with Crippen LogP contribution in [0, 0.1) is 10.1 Å². The maximum Gasteiger partial charge on any atom is 0.363 e. The number of nitro groups is 1. The van der Waals surface area contributed by atoms with Crippen LogP contribution in [0.3, 0.4) is 0 Å². The molecule has 0 aliphatic rings. The van der Waals surface area contributed by atoms with Gasteiger partial charge in [-0.15, -0.1) is 0 Å². The predicted molar refractivity (Wildman–Crippen MR) is 73.6 cm³/mol. The Morgan fingerprint density at radius 2 is 2.00 bits per heavy atom. The molecule has 0 aliphatic carbocycles. The lowest BCUT2D eigenvalue weighted by Crippen LogP contribution is -2.13. The fraction of sp³-hybridized carbons (Fsp3) is 0. The number of rotatable bonds is 4. The molecule has 0 aliphatic heterocycles. The monoisotopic (exact) mass is 358 g/mol. The van der Waals surface area contributed by atoms with Crippen LogP contribution in [0.15, 0.2) is 46.2 Å². The van der Waals surface area contributed by atoms with E-state index in [9.17, 15) is 18.5 Å². The number of hydrogen-bond acceptors (Lipinski definition) is 6. The second kappa shape index (κ2) is 5.51. The number of sulfonamides is 1. The maximum atomic E-state index is 12.1. The standard InChI is InChI=1S/C10H7BrN4O4S/c11-8-6-12-4-3-9(8)14-20(18,19)7-1-2-10(13-5-7)15(16)17/h1-6H,(H,12,14). The first-order valence-corrected chi connectivity index (χ1v) is 7.40. The molecule has 2 aromatic heterocycles. The van der Waals surface area contributed by atoms with Gasteiger partial charge in [-0.25, -0.2) is 8.42 Å². The zero-order valence-electron chi connectivity index (χ0n) is 9.72. The Kier molecular flexibility index (Phi) is 3.95. The van der Waals surface area contributed by atoms with Crippen molar-refractivity contribution in [3.05, 3.63) is 51.4 Å². The number of hydrogen-bond donors (Lipinski definition) is 1. The van der Waals surface area contributed by atoms with Gasteiger partial charge in [-0.05, 0) is 38.0 Å². The summed E-state index contributed by atoms with van der Waals surface area (Å²) in [5, 5.41) is 10.5. The van der Waals surface area contributed by atoms with Crippen molar-refractivity contribution in [3.8, 4) is 0 Å². The van der Waals surface area contributed by atoms with E-state index in [4.69, 9.17) is 0 Å². The molecule has 20 heavy (non-hydrogen) atoms. The molecule has 2 rings (SSSR count). The van der Waals surface area contributed by atoms with Gasteiger partial charge in [0.25, 0.3) is 10.0 Å². The van der Waals surface area contributed by atoms with Gasteiger partial charge < -0.3 is 10.1 Å². The molecule has 0 amide bonds. The van der Waals surface area contributed by atoms with Gasteiger partial charge >= 0.3 is 5.82 Å². The van der Waals surface area contributed by atoms with E-state index in [1.165, 1.54) is 18.5 Å². The van der Waals surface area contributed by atoms with Crippen LogP contribution in [0.25, 0.3) is 0 Å². The van der Waals surface area contributed by atoms with Crippen molar-refractivity contribution >= 4 is 37.5 Å². The van der Waals surface area contributed by atoms with E-state index in [1.807, 2.05) is 0 Å². The summed E-state index contributed by atoms with van der Waals surface area (Å²) in [5.41, 5.74) is 0.304. The second-order valence-corrected chi connectivity index (χ2v) is 6.11. The van der Waals surface area contributed by atoms with Gasteiger partial charge in [0, 0.05) is 18.5 Å². The highest BCUT2D eigenvalue weighted by molar-refractivity contribution is 9.10. The number of nitrogens with one attached hydrogen (secondary N) is 1. The average Bonchev–Trinajstić information content (AvgIpc) is 2.41. The summed E-state index contributed by atoms with van der Waals surface area (Å²) in [4.78, 5) is 16.9. The lowest BCUT2D eigenvalue weighted by Gasteiger charge is -2.07. The molecule has 0 atom stereocenters. The first-order valence-electron chi connectivity index (χ1n) is 5.13. The van der Waals surface area contributed by atoms with Crippen molar-refractivity contribution < 1.29 is 13.3 Å². The molecule has 1 N–H and O–H groups in total. The third kappa shape index (κ3) is 3.08. The summed E-state index contributed by atoms with van der Waals surface area (Å²) in [6.45, 7) is 0. The zero-order valence-corrected chi connectivity index (χ0v) is 12.1. The highest BCUT2D eigenvalue weighted by Gasteiger charge is 2.19. The molecule has 0 saturated carbocycles. The zero-order chi connectivity index (χ0) is 14.8. The molecule has 0 spiro atoms. The molecule has 0 fully saturated rings. The molecule has 2 heterocycles. The Morgan fingerprint density at radius 3 is 2.55 bits per heavy atom. The van der Waals surface area contributed by atoms with Crippen molar-refractivity contribution in [3.63, 3.8) is 0 Å². The minimum atomic E-state index is -3.87. The van der Waals surface area contributed by atoms with Crippen LogP contribution in [0.4, 0.5) is 11.5 Å². The van der Waals surface area contributed by atoms with E-state index in [2.05, 4.69) is 30.6 Å². The summed E-state index contributed by atoms with van der Waals surface area (Å²) < 4.78 is 26.9. The first-order chi connectivity index (χ1) is 9.40. The van der Waals surface area contributed by atoms with E-state index in [0.29, 0.717) is 10.2 Å². The fourth-order valence-corrected chi connectivity index (χ4v) is 2.81. The quantitative estimate of drug-likeness (QED) is 0.659. The van der Waals surface area contributed by atoms with Gasteiger partial charge in [0.2, 0.25) is 0 Å². The van der Waals surface area contributed by atoms with Crippen LogP contribution in [-0.4, -0.2) is 23.3 Å². The SMILES string of the molecule is O=[N+]([O-])c1ccc(S(=O)(=O)Nc2ccncc2Br)cn1. The topological polar surface area (TPSA) is 115 Å². The Balaban J connectivity index is 2.31. The molecule has 0 bridgehead atoms. The molecule has 0 aromatic carbocycles. The van der Waals surface area contributed by atoms with Crippen molar-refractivity contribution in [2.45, 2.75) is 4.90 Å². The Bertz CT molecular complexity index is 748. The number of pyridine rings is 2. The van der Waals surface area contributed by atoms with E-state index in [0.717, 1.165) is 18.3 Å². The van der Waals surface area contributed by atoms with Crippen LogP contribution in [-0.2, 0) is 10.0 Å². The van der Waals surface area contributed by atoms with Gasteiger partial charge in [0.05, 0.1) is 10.2 Å². The number of nitrogens with zero attached hydrogens (tertiary/aromatic N) is 3. The number of aromatic nitrogens is 2. The number of halogens is 1. The largest absolute Gasteiger partial charge is 0.363 e. The Labute approximate surface area is 122 Å². The second-order valence-electron chi connectivity index (χ2n) is 3.57. The van der Waals surface area contributed by atoms with Gasteiger partial charge in [-0.2, -0.15) is 0 Å². The summed E-state index contributed by atoms with van der Waals surface area (Å²) in [6.07, 6.45) is 3.79. The van der Waals surface area contributed by atoms with Gasteiger partial charge in [-0.1, -0.05) is 0 Å². The molecular formula is C10H7BrN4O4S. The molecule has 10 heteroatoms. The number of anilines is 1. The summed E-state index contributed by atoms with van der Waals surface area (Å²) >= 11 is 3.16.